The van der Waals surface area contributed by atoms with Gasteiger partial charge in [-0.25, -0.2) is 4.39 Å². The van der Waals surface area contributed by atoms with Crippen LogP contribution in [0, 0.1) is 5.82 Å². The lowest BCUT2D eigenvalue weighted by Crippen LogP contribution is -2.30. The lowest BCUT2D eigenvalue weighted by Gasteiger charge is -2.27. The highest BCUT2D eigenvalue weighted by Gasteiger charge is 2.41. The molecular formula is C19H20FNSi. The van der Waals surface area contributed by atoms with E-state index in [4.69, 9.17) is 0 Å². The van der Waals surface area contributed by atoms with Crippen molar-refractivity contribution in [2.24, 2.45) is 7.05 Å². The molecule has 0 N–H and O–H groups in total. The second kappa shape index (κ2) is 4.32. The molecule has 1 aromatic heterocycles. The van der Waals surface area contributed by atoms with E-state index in [1.807, 2.05) is 6.07 Å². The Hall–Kier alpha value is -1.87. The number of rotatable bonds is 1. The SMILES string of the molecule is Cn1c2c(c3ccccc31)C([Si](C)(C)C)c1ccc(F)cc1-2. The molecular weight excluding hydrogens is 289 g/mol. The number of nitrogens with zero attached hydrogens (tertiary/aromatic N) is 1. The van der Waals surface area contributed by atoms with Gasteiger partial charge in [0.1, 0.15) is 5.82 Å². The van der Waals surface area contributed by atoms with E-state index >= 15 is 0 Å². The lowest BCUT2D eigenvalue weighted by molar-refractivity contribution is 0.628. The van der Waals surface area contributed by atoms with E-state index < -0.39 is 8.07 Å². The first-order chi connectivity index (χ1) is 10.4. The van der Waals surface area contributed by atoms with Crippen LogP contribution in [0.2, 0.25) is 19.6 Å². The fraction of sp³-hybridized carbons (Fsp3) is 0.263. The van der Waals surface area contributed by atoms with Gasteiger partial charge >= 0.3 is 0 Å². The molecule has 3 aromatic rings. The van der Waals surface area contributed by atoms with Gasteiger partial charge in [0, 0.05) is 29.1 Å². The Balaban J connectivity index is 2.18. The quantitative estimate of drug-likeness (QED) is 0.537. The minimum Gasteiger partial charge on any atom is -0.343 e. The van der Waals surface area contributed by atoms with Crippen LogP contribution in [0.15, 0.2) is 42.5 Å². The largest absolute Gasteiger partial charge is 0.343 e. The van der Waals surface area contributed by atoms with Crippen LogP contribution in [-0.2, 0) is 7.05 Å². The van der Waals surface area contributed by atoms with Gasteiger partial charge in [-0.05, 0) is 29.3 Å². The topological polar surface area (TPSA) is 4.93 Å². The van der Waals surface area contributed by atoms with Crippen molar-refractivity contribution in [2.45, 2.75) is 25.2 Å². The van der Waals surface area contributed by atoms with Crippen molar-refractivity contribution in [3.05, 3.63) is 59.4 Å². The normalized spacial score (nSPS) is 16.9. The Kier molecular flexibility index (Phi) is 2.71. The number of hydrogen-bond donors (Lipinski definition) is 0. The number of aromatic nitrogens is 1. The minimum absolute atomic E-state index is 0.147. The molecule has 1 atom stereocenters. The Morgan fingerprint density at radius 2 is 1.77 bits per heavy atom. The first-order valence-corrected chi connectivity index (χ1v) is 11.3. The van der Waals surface area contributed by atoms with E-state index in [2.05, 4.69) is 55.5 Å². The maximum absolute atomic E-state index is 13.9. The van der Waals surface area contributed by atoms with E-state index in [9.17, 15) is 4.39 Å². The van der Waals surface area contributed by atoms with E-state index in [0.717, 1.165) is 5.56 Å². The Bertz CT molecular complexity index is 902. The first kappa shape index (κ1) is 13.8. The van der Waals surface area contributed by atoms with Crippen LogP contribution in [-0.4, -0.2) is 12.6 Å². The molecule has 4 rings (SSSR count). The van der Waals surface area contributed by atoms with Crippen molar-refractivity contribution >= 4 is 19.0 Å². The summed E-state index contributed by atoms with van der Waals surface area (Å²) in [6.07, 6.45) is 0. The van der Waals surface area contributed by atoms with Gasteiger partial charge in [0.15, 0.2) is 0 Å². The maximum Gasteiger partial charge on any atom is 0.123 e. The first-order valence-electron chi connectivity index (χ1n) is 7.76. The second-order valence-corrected chi connectivity index (χ2v) is 12.7. The monoisotopic (exact) mass is 309 g/mol. The van der Waals surface area contributed by atoms with Crippen LogP contribution in [0.1, 0.15) is 16.7 Å². The summed E-state index contributed by atoms with van der Waals surface area (Å²) >= 11 is 0. The van der Waals surface area contributed by atoms with Gasteiger partial charge in [-0.2, -0.15) is 0 Å². The minimum atomic E-state index is -1.48. The van der Waals surface area contributed by atoms with Crippen molar-refractivity contribution in [3.8, 4) is 11.3 Å². The third-order valence-corrected chi connectivity index (χ3v) is 7.21. The van der Waals surface area contributed by atoms with Crippen LogP contribution >= 0.6 is 0 Å². The van der Waals surface area contributed by atoms with Crippen LogP contribution in [0.25, 0.3) is 22.2 Å². The number of para-hydroxylation sites is 1. The molecule has 1 aliphatic rings. The van der Waals surface area contributed by atoms with Gasteiger partial charge < -0.3 is 4.57 Å². The van der Waals surface area contributed by atoms with Crippen LogP contribution in [0.5, 0.6) is 0 Å². The highest BCUT2D eigenvalue weighted by molar-refractivity contribution is 6.78. The Labute approximate surface area is 131 Å². The molecule has 1 unspecified atom stereocenters. The number of halogens is 1. The van der Waals surface area contributed by atoms with Crippen LogP contribution in [0.3, 0.4) is 0 Å². The van der Waals surface area contributed by atoms with Gasteiger partial charge in [0.05, 0.1) is 13.8 Å². The van der Waals surface area contributed by atoms with Gasteiger partial charge in [-0.1, -0.05) is 43.9 Å². The van der Waals surface area contributed by atoms with Crippen LogP contribution < -0.4 is 0 Å². The summed E-state index contributed by atoms with van der Waals surface area (Å²) in [5.74, 6) is -0.147. The molecule has 0 saturated heterocycles. The Morgan fingerprint density at radius 3 is 2.50 bits per heavy atom. The van der Waals surface area contributed by atoms with E-state index in [1.54, 1.807) is 12.1 Å². The molecule has 1 aliphatic carbocycles. The third-order valence-electron chi connectivity index (χ3n) is 4.88. The zero-order valence-electron chi connectivity index (χ0n) is 13.4. The molecule has 1 heterocycles. The van der Waals surface area contributed by atoms with Crippen molar-refractivity contribution in [1.82, 2.24) is 4.57 Å². The van der Waals surface area contributed by atoms with Crippen molar-refractivity contribution < 1.29 is 4.39 Å². The molecule has 112 valence electrons. The molecule has 0 amide bonds. The van der Waals surface area contributed by atoms with Gasteiger partial charge in [0.25, 0.3) is 0 Å². The molecule has 22 heavy (non-hydrogen) atoms. The molecule has 3 heteroatoms. The maximum atomic E-state index is 13.9. The summed E-state index contributed by atoms with van der Waals surface area (Å²) in [7, 11) is 0.616. The highest BCUT2D eigenvalue weighted by atomic mass is 28.3. The summed E-state index contributed by atoms with van der Waals surface area (Å²) in [6, 6.07) is 13.9. The molecule has 0 fully saturated rings. The summed E-state index contributed by atoms with van der Waals surface area (Å²) in [6.45, 7) is 7.21. The number of benzene rings is 2. The fourth-order valence-corrected chi connectivity index (χ4v) is 6.42. The number of hydrogen-bond acceptors (Lipinski definition) is 0. The molecule has 0 spiro atoms. The molecule has 0 aliphatic heterocycles. The van der Waals surface area contributed by atoms with Crippen molar-refractivity contribution in [2.75, 3.05) is 0 Å². The Morgan fingerprint density at radius 1 is 1.05 bits per heavy atom. The van der Waals surface area contributed by atoms with Crippen molar-refractivity contribution in [1.29, 1.82) is 0 Å². The van der Waals surface area contributed by atoms with E-state index in [0.29, 0.717) is 5.54 Å². The van der Waals surface area contributed by atoms with Gasteiger partial charge in [0.2, 0.25) is 0 Å². The molecule has 0 radical (unpaired) electrons. The standard InChI is InChI=1S/C19H20FNSi/c1-21-16-8-6-5-7-14(16)17-18(21)15-11-12(20)9-10-13(15)19(17)22(2,3)4/h5-11,19H,1-4H3. The summed E-state index contributed by atoms with van der Waals surface area (Å²) in [4.78, 5) is 0. The summed E-state index contributed by atoms with van der Waals surface area (Å²) < 4.78 is 16.1. The average molecular weight is 309 g/mol. The second-order valence-electron chi connectivity index (χ2n) is 7.37. The zero-order valence-corrected chi connectivity index (χ0v) is 14.4. The lowest BCUT2D eigenvalue weighted by atomic mass is 10.1. The smallest absolute Gasteiger partial charge is 0.123 e. The summed E-state index contributed by atoms with van der Waals surface area (Å²) in [5.41, 5.74) is 6.70. The van der Waals surface area contributed by atoms with E-state index in [-0.39, 0.29) is 5.82 Å². The highest BCUT2D eigenvalue weighted by Crippen LogP contribution is 2.52. The van der Waals surface area contributed by atoms with E-state index in [1.165, 1.54) is 27.7 Å². The van der Waals surface area contributed by atoms with Crippen molar-refractivity contribution in [3.63, 3.8) is 0 Å². The van der Waals surface area contributed by atoms with Gasteiger partial charge in [-0.3, -0.25) is 0 Å². The van der Waals surface area contributed by atoms with Gasteiger partial charge in [-0.15, -0.1) is 0 Å². The van der Waals surface area contributed by atoms with Crippen LogP contribution in [0.4, 0.5) is 4.39 Å². The predicted octanol–water partition coefficient (Wildman–Crippen LogP) is 5.31. The zero-order chi connectivity index (χ0) is 15.6. The molecule has 0 saturated carbocycles. The fourth-order valence-electron chi connectivity index (χ4n) is 4.08. The molecule has 2 aromatic carbocycles. The number of fused-ring (bicyclic) bond motifs is 5. The number of aryl methyl sites for hydroxylation is 1. The third kappa shape index (κ3) is 1.69. The summed E-state index contributed by atoms with van der Waals surface area (Å²) in [5, 5.41) is 1.32. The molecule has 1 nitrogen and oxygen atoms in total. The molecule has 0 bridgehead atoms. The predicted molar refractivity (Wildman–Crippen MR) is 93.5 cm³/mol. The average Bonchev–Trinajstić information content (AvgIpc) is 2.93.